The number of methoxy groups -OCH3 is 2. The normalized spacial score (nSPS) is 11.1. The third-order valence-electron chi connectivity index (χ3n) is 5.24. The number of sulfonamides is 1. The number of benzene rings is 3. The minimum atomic E-state index is -4.02. The van der Waals surface area contributed by atoms with Crippen molar-refractivity contribution < 1.29 is 27.1 Å². The van der Waals surface area contributed by atoms with E-state index in [0.717, 1.165) is 21.4 Å². The molecule has 1 amide bonds. The number of carbonyl (C=O) groups excluding carboxylic acids is 1. The fourth-order valence-corrected chi connectivity index (χ4v) is 5.73. The summed E-state index contributed by atoms with van der Waals surface area (Å²) in [5.74, 6) is 1.65. The van der Waals surface area contributed by atoms with Gasteiger partial charge in [0.05, 0.1) is 24.8 Å². The first-order valence-corrected chi connectivity index (χ1v) is 13.8. The van der Waals surface area contributed by atoms with E-state index in [9.17, 15) is 17.6 Å². The van der Waals surface area contributed by atoms with Crippen molar-refractivity contribution in [1.82, 2.24) is 5.32 Å². The standard InChI is InChI=1S/C26H29FN2O5S2/c1-33-24-14-13-22(17-25(24)34-2)29(36(31,32)23-7-4-3-5-8-23)18-26(30)28-15-6-16-35-19-20-9-11-21(27)12-10-20/h3-5,7-14,17H,6,15-16,18-19H2,1-2H3,(H,28,30). The van der Waals surface area contributed by atoms with E-state index in [1.165, 1.54) is 44.6 Å². The molecule has 0 spiro atoms. The highest BCUT2D eigenvalue weighted by atomic mass is 32.2. The third-order valence-corrected chi connectivity index (χ3v) is 8.15. The van der Waals surface area contributed by atoms with Crippen LogP contribution in [0.5, 0.6) is 11.5 Å². The first-order valence-electron chi connectivity index (χ1n) is 11.2. The predicted octanol–water partition coefficient (Wildman–Crippen LogP) is 4.48. The van der Waals surface area contributed by atoms with Gasteiger partial charge in [-0.3, -0.25) is 9.10 Å². The van der Waals surface area contributed by atoms with Gasteiger partial charge in [-0.2, -0.15) is 11.8 Å². The van der Waals surface area contributed by atoms with E-state index in [1.807, 2.05) is 0 Å². The molecule has 3 aromatic carbocycles. The quantitative estimate of drug-likeness (QED) is 0.327. The summed E-state index contributed by atoms with van der Waals surface area (Å²) in [5, 5.41) is 2.80. The largest absolute Gasteiger partial charge is 0.493 e. The van der Waals surface area contributed by atoms with Crippen molar-refractivity contribution in [3.05, 3.63) is 84.2 Å². The zero-order valence-electron chi connectivity index (χ0n) is 20.1. The van der Waals surface area contributed by atoms with Gasteiger partial charge in [0.15, 0.2) is 11.5 Å². The van der Waals surface area contributed by atoms with Crippen molar-refractivity contribution >= 4 is 33.4 Å². The van der Waals surface area contributed by atoms with E-state index in [4.69, 9.17) is 9.47 Å². The topological polar surface area (TPSA) is 84.9 Å². The van der Waals surface area contributed by atoms with E-state index < -0.39 is 22.5 Å². The molecule has 0 radical (unpaired) electrons. The van der Waals surface area contributed by atoms with Crippen LogP contribution in [0.1, 0.15) is 12.0 Å². The summed E-state index contributed by atoms with van der Waals surface area (Å²) >= 11 is 1.68. The lowest BCUT2D eigenvalue weighted by Crippen LogP contribution is -2.41. The Morgan fingerprint density at radius 1 is 0.972 bits per heavy atom. The van der Waals surface area contributed by atoms with Crippen molar-refractivity contribution in [2.75, 3.05) is 37.4 Å². The number of nitrogens with zero attached hydrogens (tertiary/aromatic N) is 1. The van der Waals surface area contributed by atoms with E-state index in [-0.39, 0.29) is 16.4 Å². The van der Waals surface area contributed by atoms with Gasteiger partial charge in [-0.1, -0.05) is 30.3 Å². The van der Waals surface area contributed by atoms with E-state index in [0.29, 0.717) is 24.5 Å². The highest BCUT2D eigenvalue weighted by Crippen LogP contribution is 2.33. The lowest BCUT2D eigenvalue weighted by molar-refractivity contribution is -0.119. The van der Waals surface area contributed by atoms with Crippen LogP contribution in [0.15, 0.2) is 77.7 Å². The van der Waals surface area contributed by atoms with E-state index in [1.54, 1.807) is 54.2 Å². The zero-order valence-corrected chi connectivity index (χ0v) is 21.8. The molecule has 0 atom stereocenters. The molecule has 7 nitrogen and oxygen atoms in total. The van der Waals surface area contributed by atoms with Gasteiger partial charge in [-0.15, -0.1) is 0 Å². The zero-order chi connectivity index (χ0) is 26.0. The van der Waals surface area contributed by atoms with Crippen LogP contribution < -0.4 is 19.1 Å². The molecule has 3 rings (SSSR count). The molecular weight excluding hydrogens is 503 g/mol. The number of anilines is 1. The summed E-state index contributed by atoms with van der Waals surface area (Å²) in [6.07, 6.45) is 0.708. The Hall–Kier alpha value is -3.24. The monoisotopic (exact) mass is 532 g/mol. The minimum absolute atomic E-state index is 0.0739. The lowest BCUT2D eigenvalue weighted by atomic mass is 10.2. The second kappa shape index (κ2) is 13.2. The molecule has 0 unspecified atom stereocenters. The number of hydrogen-bond acceptors (Lipinski definition) is 6. The van der Waals surface area contributed by atoms with Crippen LogP contribution in [0.3, 0.4) is 0 Å². The second-order valence-electron chi connectivity index (χ2n) is 7.75. The van der Waals surface area contributed by atoms with Gasteiger partial charge in [-0.25, -0.2) is 12.8 Å². The molecule has 1 N–H and O–H groups in total. The molecule has 0 aliphatic carbocycles. The van der Waals surface area contributed by atoms with Gasteiger partial charge < -0.3 is 14.8 Å². The summed E-state index contributed by atoms with van der Waals surface area (Å²) in [6, 6.07) is 19.0. The second-order valence-corrected chi connectivity index (χ2v) is 10.7. The van der Waals surface area contributed by atoms with Gasteiger partial charge in [0.25, 0.3) is 10.0 Å². The van der Waals surface area contributed by atoms with E-state index >= 15 is 0 Å². The summed E-state index contributed by atoms with van der Waals surface area (Å²) in [5.41, 5.74) is 1.31. The van der Waals surface area contributed by atoms with Crippen molar-refractivity contribution in [3.8, 4) is 11.5 Å². The Morgan fingerprint density at radius 2 is 1.67 bits per heavy atom. The Morgan fingerprint density at radius 3 is 2.33 bits per heavy atom. The highest BCUT2D eigenvalue weighted by molar-refractivity contribution is 7.98. The molecule has 36 heavy (non-hydrogen) atoms. The summed E-state index contributed by atoms with van der Waals surface area (Å²) in [4.78, 5) is 12.8. The lowest BCUT2D eigenvalue weighted by Gasteiger charge is -2.25. The molecule has 192 valence electrons. The van der Waals surface area contributed by atoms with Gasteiger partial charge in [-0.05, 0) is 54.1 Å². The fourth-order valence-electron chi connectivity index (χ4n) is 3.37. The summed E-state index contributed by atoms with van der Waals surface area (Å²) < 4.78 is 51.5. The average molecular weight is 533 g/mol. The molecule has 0 aromatic heterocycles. The van der Waals surface area contributed by atoms with Crippen molar-refractivity contribution in [2.45, 2.75) is 17.1 Å². The van der Waals surface area contributed by atoms with Crippen molar-refractivity contribution in [3.63, 3.8) is 0 Å². The molecule has 0 saturated carbocycles. The van der Waals surface area contributed by atoms with Crippen LogP contribution >= 0.6 is 11.8 Å². The number of nitrogens with one attached hydrogen (secondary N) is 1. The summed E-state index contributed by atoms with van der Waals surface area (Å²) in [7, 11) is -1.08. The maximum absolute atomic E-state index is 13.4. The number of carbonyl (C=O) groups is 1. The van der Waals surface area contributed by atoms with E-state index in [2.05, 4.69) is 5.32 Å². The Kier molecular flexibility index (Phi) is 10.0. The number of amides is 1. The number of rotatable bonds is 13. The number of ether oxygens (including phenoxy) is 2. The van der Waals surface area contributed by atoms with Crippen LogP contribution in [0, 0.1) is 5.82 Å². The highest BCUT2D eigenvalue weighted by Gasteiger charge is 2.28. The number of halogens is 1. The first-order chi connectivity index (χ1) is 17.3. The molecule has 0 bridgehead atoms. The van der Waals surface area contributed by atoms with Gasteiger partial charge in [0.1, 0.15) is 12.4 Å². The third kappa shape index (κ3) is 7.38. The molecule has 0 aliphatic rings. The first kappa shape index (κ1) is 27.3. The van der Waals surface area contributed by atoms with Crippen LogP contribution in [0.2, 0.25) is 0 Å². The molecule has 0 heterocycles. The van der Waals surface area contributed by atoms with Crippen molar-refractivity contribution in [2.24, 2.45) is 0 Å². The van der Waals surface area contributed by atoms with Crippen LogP contribution in [0.25, 0.3) is 0 Å². The fraction of sp³-hybridized carbons (Fsp3) is 0.269. The smallest absolute Gasteiger partial charge is 0.264 e. The maximum Gasteiger partial charge on any atom is 0.264 e. The SMILES string of the molecule is COc1ccc(N(CC(=O)NCCCSCc2ccc(F)cc2)S(=O)(=O)c2ccccc2)cc1OC. The van der Waals surface area contributed by atoms with Crippen LogP contribution in [-0.4, -0.2) is 47.4 Å². The predicted molar refractivity (Wildman–Crippen MR) is 141 cm³/mol. The van der Waals surface area contributed by atoms with Crippen LogP contribution in [0.4, 0.5) is 10.1 Å². The van der Waals surface area contributed by atoms with Gasteiger partial charge in [0.2, 0.25) is 5.91 Å². The maximum atomic E-state index is 13.4. The van der Waals surface area contributed by atoms with Crippen molar-refractivity contribution in [1.29, 1.82) is 0 Å². The Labute approximate surface area is 215 Å². The minimum Gasteiger partial charge on any atom is -0.493 e. The molecular formula is C26H29FN2O5S2. The number of hydrogen-bond donors (Lipinski definition) is 1. The van der Waals surface area contributed by atoms with Gasteiger partial charge in [0, 0.05) is 18.4 Å². The molecule has 3 aromatic rings. The van der Waals surface area contributed by atoms with Crippen LogP contribution in [-0.2, 0) is 20.6 Å². The Balaban J connectivity index is 1.64. The summed E-state index contributed by atoms with van der Waals surface area (Å²) in [6.45, 7) is 0.00976. The number of thioether (sulfide) groups is 1. The molecule has 10 heteroatoms. The molecule has 0 aliphatic heterocycles. The van der Waals surface area contributed by atoms with Gasteiger partial charge >= 0.3 is 0 Å². The average Bonchev–Trinajstić information content (AvgIpc) is 2.90. The Bertz CT molecular complexity index is 1240. The molecule has 0 saturated heterocycles. The molecule has 0 fully saturated rings.